The standard InChI is InChI=1S/C6H7F2NO/c1-3-4(2)9-10-5(3)6(7)8/h6H,1-2H3. The Balaban J connectivity index is 3.05. The van der Waals surface area contributed by atoms with Crippen molar-refractivity contribution in [2.24, 2.45) is 0 Å². The molecule has 0 saturated carbocycles. The summed E-state index contributed by atoms with van der Waals surface area (Å²) in [6, 6.07) is 0. The molecule has 1 heterocycles. The van der Waals surface area contributed by atoms with Crippen LogP contribution in [-0.4, -0.2) is 5.16 Å². The second kappa shape index (κ2) is 2.36. The molecule has 0 aromatic carbocycles. The van der Waals surface area contributed by atoms with Crippen LogP contribution in [0.5, 0.6) is 0 Å². The largest absolute Gasteiger partial charge is 0.355 e. The summed E-state index contributed by atoms with van der Waals surface area (Å²) >= 11 is 0. The molecule has 0 fully saturated rings. The predicted octanol–water partition coefficient (Wildman–Crippen LogP) is 2.23. The molecule has 2 nitrogen and oxygen atoms in total. The van der Waals surface area contributed by atoms with Crippen LogP contribution in [-0.2, 0) is 0 Å². The minimum atomic E-state index is -2.55. The van der Waals surface area contributed by atoms with Gasteiger partial charge in [0.2, 0.25) is 5.76 Å². The number of hydrogen-bond acceptors (Lipinski definition) is 2. The molecule has 10 heavy (non-hydrogen) atoms. The molecule has 0 atom stereocenters. The van der Waals surface area contributed by atoms with Crippen molar-refractivity contribution in [3.05, 3.63) is 17.0 Å². The highest BCUT2D eigenvalue weighted by atomic mass is 19.3. The monoisotopic (exact) mass is 147 g/mol. The van der Waals surface area contributed by atoms with Crippen LogP contribution >= 0.6 is 0 Å². The zero-order valence-corrected chi connectivity index (χ0v) is 5.69. The molecule has 0 N–H and O–H groups in total. The third kappa shape index (κ3) is 1.01. The van der Waals surface area contributed by atoms with E-state index in [9.17, 15) is 8.78 Å². The van der Waals surface area contributed by atoms with Crippen molar-refractivity contribution in [1.29, 1.82) is 0 Å². The van der Waals surface area contributed by atoms with Gasteiger partial charge in [0.15, 0.2) is 0 Å². The van der Waals surface area contributed by atoms with Crippen LogP contribution in [0.4, 0.5) is 8.78 Å². The summed E-state index contributed by atoms with van der Waals surface area (Å²) in [5.74, 6) is -0.322. The molecular weight excluding hydrogens is 140 g/mol. The zero-order chi connectivity index (χ0) is 7.72. The van der Waals surface area contributed by atoms with Gasteiger partial charge < -0.3 is 4.52 Å². The van der Waals surface area contributed by atoms with Crippen LogP contribution in [0, 0.1) is 13.8 Å². The minimum Gasteiger partial charge on any atom is -0.355 e. The lowest BCUT2D eigenvalue weighted by molar-refractivity contribution is 0.111. The van der Waals surface area contributed by atoms with Crippen LogP contribution in [0.15, 0.2) is 4.52 Å². The second-order valence-corrected chi connectivity index (χ2v) is 2.06. The topological polar surface area (TPSA) is 26.0 Å². The summed E-state index contributed by atoms with van der Waals surface area (Å²) in [5.41, 5.74) is 0.963. The van der Waals surface area contributed by atoms with E-state index in [1.54, 1.807) is 13.8 Å². The number of hydrogen-bond donors (Lipinski definition) is 0. The van der Waals surface area contributed by atoms with E-state index in [4.69, 9.17) is 0 Å². The van der Waals surface area contributed by atoms with Gasteiger partial charge in [0.05, 0.1) is 5.69 Å². The quantitative estimate of drug-likeness (QED) is 0.608. The Labute approximate surface area is 56.8 Å². The fraction of sp³-hybridized carbons (Fsp3) is 0.500. The highest BCUT2D eigenvalue weighted by Crippen LogP contribution is 2.23. The smallest absolute Gasteiger partial charge is 0.298 e. The van der Waals surface area contributed by atoms with Crippen LogP contribution in [0.1, 0.15) is 23.4 Å². The molecule has 4 heteroatoms. The summed E-state index contributed by atoms with van der Waals surface area (Å²) in [6.45, 7) is 3.19. The molecule has 0 saturated heterocycles. The maximum absolute atomic E-state index is 11.9. The van der Waals surface area contributed by atoms with E-state index in [-0.39, 0.29) is 5.76 Å². The molecule has 0 bridgehead atoms. The van der Waals surface area contributed by atoms with E-state index in [0.29, 0.717) is 11.3 Å². The average Bonchev–Trinajstić information content (AvgIpc) is 2.14. The Morgan fingerprint density at radius 2 is 2.00 bits per heavy atom. The summed E-state index contributed by atoms with van der Waals surface area (Å²) in [4.78, 5) is 0. The van der Waals surface area contributed by atoms with Gasteiger partial charge in [-0.3, -0.25) is 0 Å². The van der Waals surface area contributed by atoms with Gasteiger partial charge in [0.1, 0.15) is 0 Å². The number of aryl methyl sites for hydroxylation is 1. The van der Waals surface area contributed by atoms with Gasteiger partial charge in [-0.25, -0.2) is 8.78 Å². The summed E-state index contributed by atoms with van der Waals surface area (Å²) in [7, 11) is 0. The summed E-state index contributed by atoms with van der Waals surface area (Å²) in [5, 5.41) is 3.38. The molecule has 1 aromatic heterocycles. The van der Waals surface area contributed by atoms with Gasteiger partial charge in [-0.1, -0.05) is 5.16 Å². The molecular formula is C6H7F2NO. The normalized spacial score (nSPS) is 10.9. The molecule has 0 radical (unpaired) electrons. The maximum Gasteiger partial charge on any atom is 0.298 e. The van der Waals surface area contributed by atoms with Crippen molar-refractivity contribution in [2.75, 3.05) is 0 Å². The van der Waals surface area contributed by atoms with E-state index in [2.05, 4.69) is 9.68 Å². The van der Waals surface area contributed by atoms with E-state index in [0.717, 1.165) is 0 Å². The minimum absolute atomic E-state index is 0.322. The number of halogens is 2. The molecule has 0 spiro atoms. The molecule has 1 aromatic rings. The van der Waals surface area contributed by atoms with Crippen molar-refractivity contribution in [3.63, 3.8) is 0 Å². The predicted molar refractivity (Wildman–Crippen MR) is 30.9 cm³/mol. The SMILES string of the molecule is Cc1noc(C(F)F)c1C. The fourth-order valence-corrected chi connectivity index (χ4v) is 0.636. The van der Waals surface area contributed by atoms with Crippen molar-refractivity contribution in [2.45, 2.75) is 20.3 Å². The first-order chi connectivity index (χ1) is 4.63. The van der Waals surface area contributed by atoms with Crippen LogP contribution in [0.3, 0.4) is 0 Å². The fourth-order valence-electron chi connectivity index (χ4n) is 0.636. The van der Waals surface area contributed by atoms with Gasteiger partial charge in [-0.05, 0) is 13.8 Å². The maximum atomic E-state index is 11.9. The molecule has 1 rings (SSSR count). The first-order valence-corrected chi connectivity index (χ1v) is 2.84. The lowest BCUT2D eigenvalue weighted by Crippen LogP contribution is -1.83. The molecule has 0 aliphatic rings. The number of nitrogens with zero attached hydrogens (tertiary/aromatic N) is 1. The second-order valence-electron chi connectivity index (χ2n) is 2.06. The van der Waals surface area contributed by atoms with E-state index < -0.39 is 6.43 Å². The first-order valence-electron chi connectivity index (χ1n) is 2.84. The number of rotatable bonds is 1. The van der Waals surface area contributed by atoms with E-state index in [1.165, 1.54) is 0 Å². The highest BCUT2D eigenvalue weighted by Gasteiger charge is 2.17. The summed E-state index contributed by atoms with van der Waals surface area (Å²) in [6.07, 6.45) is -2.55. The van der Waals surface area contributed by atoms with Gasteiger partial charge in [-0.15, -0.1) is 0 Å². The summed E-state index contributed by atoms with van der Waals surface area (Å²) < 4.78 is 28.2. The molecule has 0 amide bonds. The Bertz CT molecular complexity index is 232. The average molecular weight is 147 g/mol. The van der Waals surface area contributed by atoms with Crippen LogP contribution in [0.25, 0.3) is 0 Å². The Morgan fingerprint density at radius 3 is 2.20 bits per heavy atom. The van der Waals surface area contributed by atoms with Crippen molar-refractivity contribution in [1.82, 2.24) is 5.16 Å². The van der Waals surface area contributed by atoms with Gasteiger partial charge in [0, 0.05) is 5.56 Å². The van der Waals surface area contributed by atoms with E-state index >= 15 is 0 Å². The van der Waals surface area contributed by atoms with Crippen LogP contribution < -0.4 is 0 Å². The third-order valence-electron chi connectivity index (χ3n) is 1.39. The lowest BCUT2D eigenvalue weighted by Gasteiger charge is -1.91. The molecule has 56 valence electrons. The number of alkyl halides is 2. The molecule has 0 unspecified atom stereocenters. The van der Waals surface area contributed by atoms with Crippen molar-refractivity contribution in [3.8, 4) is 0 Å². The zero-order valence-electron chi connectivity index (χ0n) is 5.69. The number of aromatic nitrogens is 1. The Hall–Kier alpha value is -0.930. The van der Waals surface area contributed by atoms with Gasteiger partial charge in [-0.2, -0.15) is 0 Å². The van der Waals surface area contributed by atoms with E-state index in [1.807, 2.05) is 0 Å². The first kappa shape index (κ1) is 7.18. The van der Waals surface area contributed by atoms with Gasteiger partial charge in [0.25, 0.3) is 6.43 Å². The Morgan fingerprint density at radius 1 is 1.40 bits per heavy atom. The Kier molecular flexibility index (Phi) is 1.70. The van der Waals surface area contributed by atoms with Crippen molar-refractivity contribution < 1.29 is 13.3 Å². The third-order valence-corrected chi connectivity index (χ3v) is 1.39. The van der Waals surface area contributed by atoms with Crippen LogP contribution in [0.2, 0.25) is 0 Å². The molecule has 0 aliphatic carbocycles. The lowest BCUT2D eigenvalue weighted by atomic mass is 10.2. The van der Waals surface area contributed by atoms with Crippen molar-refractivity contribution >= 4 is 0 Å². The van der Waals surface area contributed by atoms with Gasteiger partial charge >= 0.3 is 0 Å². The molecule has 0 aliphatic heterocycles. The highest BCUT2D eigenvalue weighted by molar-refractivity contribution is 5.20.